The average Bonchev–Trinajstić information content (AvgIpc) is 2.43. The van der Waals surface area contributed by atoms with E-state index in [9.17, 15) is 9.59 Å². The molecule has 0 bridgehead atoms. The molecule has 5 heteroatoms. The fourth-order valence-electron chi connectivity index (χ4n) is 1.87. The van der Waals surface area contributed by atoms with E-state index in [-0.39, 0.29) is 11.5 Å². The summed E-state index contributed by atoms with van der Waals surface area (Å²) >= 11 is 5.99. The fourth-order valence-corrected chi connectivity index (χ4v) is 2.05. The van der Waals surface area contributed by atoms with Gasteiger partial charge in [0.25, 0.3) is 5.91 Å². The highest BCUT2D eigenvalue weighted by molar-refractivity contribution is 6.31. The second-order valence-corrected chi connectivity index (χ2v) is 5.16. The number of carbonyl (C=O) groups excluding carboxylic acids is 1. The molecule has 0 spiro atoms. The van der Waals surface area contributed by atoms with Crippen LogP contribution in [0, 0.1) is 13.8 Å². The number of aromatic carboxylic acids is 1. The van der Waals surface area contributed by atoms with Crippen LogP contribution >= 0.6 is 11.6 Å². The molecule has 1 amide bonds. The van der Waals surface area contributed by atoms with Crippen molar-refractivity contribution in [2.45, 2.75) is 13.8 Å². The average molecular weight is 304 g/mol. The first-order valence-corrected chi connectivity index (χ1v) is 6.67. The highest BCUT2D eigenvalue weighted by Gasteiger charge is 2.11. The highest BCUT2D eigenvalue weighted by Crippen LogP contribution is 2.19. The number of amides is 1. The predicted molar refractivity (Wildman–Crippen MR) is 82.3 cm³/mol. The lowest BCUT2D eigenvalue weighted by atomic mass is 10.1. The summed E-state index contributed by atoms with van der Waals surface area (Å²) in [4.78, 5) is 23.2. The van der Waals surface area contributed by atoms with Crippen LogP contribution in [0.2, 0.25) is 5.02 Å². The van der Waals surface area contributed by atoms with Crippen LogP contribution in [0.25, 0.3) is 0 Å². The second kappa shape index (κ2) is 5.97. The largest absolute Gasteiger partial charge is 0.478 e. The Kier molecular flexibility index (Phi) is 4.29. The molecule has 2 aromatic carbocycles. The number of nitrogens with one attached hydrogen (secondary N) is 1. The van der Waals surface area contributed by atoms with Crippen LogP contribution < -0.4 is 5.32 Å². The number of halogens is 1. The van der Waals surface area contributed by atoms with E-state index < -0.39 is 5.97 Å². The molecule has 108 valence electrons. The normalized spacial score (nSPS) is 10.2. The standard InChI is InChI=1S/C16H14ClNO3/c1-9-4-6-12(8-13(9)16(20)21)18-15(19)11-5-3-10(2)14(17)7-11/h3-8H,1-2H3,(H,18,19)(H,20,21). The summed E-state index contributed by atoms with van der Waals surface area (Å²) in [5.41, 5.74) is 2.54. The minimum absolute atomic E-state index is 0.162. The Hall–Kier alpha value is -2.33. The maximum Gasteiger partial charge on any atom is 0.336 e. The van der Waals surface area contributed by atoms with Crippen molar-refractivity contribution in [1.82, 2.24) is 0 Å². The van der Waals surface area contributed by atoms with Crippen molar-refractivity contribution in [3.8, 4) is 0 Å². The maximum absolute atomic E-state index is 12.1. The van der Waals surface area contributed by atoms with Crippen LogP contribution in [0.3, 0.4) is 0 Å². The highest BCUT2D eigenvalue weighted by atomic mass is 35.5. The lowest BCUT2D eigenvalue weighted by molar-refractivity contribution is 0.0695. The van der Waals surface area contributed by atoms with Gasteiger partial charge in [-0.2, -0.15) is 0 Å². The van der Waals surface area contributed by atoms with Crippen molar-refractivity contribution >= 4 is 29.2 Å². The molecule has 2 rings (SSSR count). The van der Waals surface area contributed by atoms with Gasteiger partial charge in [-0.05, 0) is 49.2 Å². The molecule has 0 aliphatic heterocycles. The van der Waals surface area contributed by atoms with Gasteiger partial charge in [0.1, 0.15) is 0 Å². The topological polar surface area (TPSA) is 66.4 Å². The Morgan fingerprint density at radius 3 is 2.33 bits per heavy atom. The molecule has 0 fully saturated rings. The number of anilines is 1. The summed E-state index contributed by atoms with van der Waals surface area (Å²) < 4.78 is 0. The number of hydrogen-bond donors (Lipinski definition) is 2. The van der Waals surface area contributed by atoms with Crippen molar-refractivity contribution in [2.75, 3.05) is 5.32 Å². The summed E-state index contributed by atoms with van der Waals surface area (Å²) in [5.74, 6) is -1.36. The molecule has 0 aliphatic carbocycles. The second-order valence-electron chi connectivity index (χ2n) is 4.75. The van der Waals surface area contributed by atoms with Crippen LogP contribution in [0.15, 0.2) is 36.4 Å². The minimum atomic E-state index is -1.03. The quantitative estimate of drug-likeness (QED) is 0.903. The SMILES string of the molecule is Cc1ccc(C(=O)Nc2ccc(C)c(C(=O)O)c2)cc1Cl. The molecule has 21 heavy (non-hydrogen) atoms. The zero-order chi connectivity index (χ0) is 15.6. The number of carbonyl (C=O) groups is 2. The van der Waals surface area contributed by atoms with Gasteiger partial charge < -0.3 is 10.4 Å². The van der Waals surface area contributed by atoms with Gasteiger partial charge in [-0.1, -0.05) is 23.7 Å². The molecular formula is C16H14ClNO3. The Bertz CT molecular complexity index is 725. The number of benzene rings is 2. The summed E-state index contributed by atoms with van der Waals surface area (Å²) in [6, 6.07) is 9.76. The Morgan fingerprint density at radius 1 is 1.05 bits per heavy atom. The van der Waals surface area contributed by atoms with Crippen molar-refractivity contribution in [3.63, 3.8) is 0 Å². The maximum atomic E-state index is 12.1. The molecule has 0 unspecified atom stereocenters. The molecule has 2 aromatic rings. The van der Waals surface area contributed by atoms with E-state index >= 15 is 0 Å². The smallest absolute Gasteiger partial charge is 0.336 e. The zero-order valence-electron chi connectivity index (χ0n) is 11.6. The van der Waals surface area contributed by atoms with Gasteiger partial charge in [0.15, 0.2) is 0 Å². The molecule has 0 aliphatic rings. The fraction of sp³-hybridized carbons (Fsp3) is 0.125. The van der Waals surface area contributed by atoms with Crippen LogP contribution in [-0.4, -0.2) is 17.0 Å². The molecular weight excluding hydrogens is 290 g/mol. The number of aryl methyl sites for hydroxylation is 2. The van der Waals surface area contributed by atoms with E-state index in [0.29, 0.717) is 21.8 Å². The molecule has 4 nitrogen and oxygen atoms in total. The lowest BCUT2D eigenvalue weighted by Crippen LogP contribution is -2.13. The lowest BCUT2D eigenvalue weighted by Gasteiger charge is -2.08. The van der Waals surface area contributed by atoms with Crippen LogP contribution in [0.4, 0.5) is 5.69 Å². The first-order valence-electron chi connectivity index (χ1n) is 6.30. The minimum Gasteiger partial charge on any atom is -0.478 e. The first-order chi connectivity index (χ1) is 9.88. The van der Waals surface area contributed by atoms with Gasteiger partial charge in [-0.3, -0.25) is 4.79 Å². The summed E-state index contributed by atoms with van der Waals surface area (Å²) in [5, 5.41) is 12.3. The Morgan fingerprint density at radius 2 is 1.71 bits per heavy atom. The number of rotatable bonds is 3. The number of hydrogen-bond acceptors (Lipinski definition) is 2. The molecule has 0 saturated heterocycles. The third-order valence-electron chi connectivity index (χ3n) is 3.16. The van der Waals surface area contributed by atoms with Crippen molar-refractivity contribution in [3.05, 3.63) is 63.7 Å². The van der Waals surface area contributed by atoms with Gasteiger partial charge in [-0.25, -0.2) is 4.79 Å². The molecule has 0 saturated carbocycles. The summed E-state index contributed by atoms with van der Waals surface area (Å²) in [7, 11) is 0. The van der Waals surface area contributed by atoms with Crippen molar-refractivity contribution < 1.29 is 14.7 Å². The predicted octanol–water partition coefficient (Wildman–Crippen LogP) is 3.91. The van der Waals surface area contributed by atoms with Crippen LogP contribution in [0.1, 0.15) is 31.8 Å². The third kappa shape index (κ3) is 3.41. The molecule has 0 radical (unpaired) electrons. The summed E-state index contributed by atoms with van der Waals surface area (Å²) in [6.45, 7) is 3.55. The molecule has 2 N–H and O–H groups in total. The van der Waals surface area contributed by atoms with E-state index in [0.717, 1.165) is 5.56 Å². The molecule has 0 aromatic heterocycles. The molecule has 0 atom stereocenters. The Labute approximate surface area is 127 Å². The number of carboxylic acid groups (broad SMARTS) is 1. The van der Waals surface area contributed by atoms with Gasteiger partial charge in [0.05, 0.1) is 5.56 Å². The van der Waals surface area contributed by atoms with E-state index in [1.807, 2.05) is 6.92 Å². The van der Waals surface area contributed by atoms with Crippen molar-refractivity contribution in [2.24, 2.45) is 0 Å². The zero-order valence-corrected chi connectivity index (χ0v) is 12.4. The first kappa shape index (κ1) is 15.1. The van der Waals surface area contributed by atoms with Gasteiger partial charge in [-0.15, -0.1) is 0 Å². The van der Waals surface area contributed by atoms with E-state index in [2.05, 4.69) is 5.32 Å². The number of carboxylic acids is 1. The molecule has 0 heterocycles. The van der Waals surface area contributed by atoms with Crippen LogP contribution in [0.5, 0.6) is 0 Å². The van der Waals surface area contributed by atoms with Gasteiger partial charge in [0.2, 0.25) is 0 Å². The monoisotopic (exact) mass is 303 g/mol. The van der Waals surface area contributed by atoms with E-state index in [1.54, 1.807) is 37.3 Å². The third-order valence-corrected chi connectivity index (χ3v) is 3.57. The Balaban J connectivity index is 2.25. The van der Waals surface area contributed by atoms with E-state index in [4.69, 9.17) is 16.7 Å². The summed E-state index contributed by atoms with van der Waals surface area (Å²) in [6.07, 6.45) is 0. The van der Waals surface area contributed by atoms with Crippen LogP contribution in [-0.2, 0) is 0 Å². The van der Waals surface area contributed by atoms with Crippen molar-refractivity contribution in [1.29, 1.82) is 0 Å². The van der Waals surface area contributed by atoms with E-state index in [1.165, 1.54) is 6.07 Å². The van der Waals surface area contributed by atoms with Gasteiger partial charge in [0, 0.05) is 16.3 Å². The van der Waals surface area contributed by atoms with Gasteiger partial charge >= 0.3 is 5.97 Å².